The third-order valence-electron chi connectivity index (χ3n) is 5.25. The van der Waals surface area contributed by atoms with Crippen molar-refractivity contribution in [2.75, 3.05) is 6.54 Å². The van der Waals surface area contributed by atoms with Crippen LogP contribution in [0.5, 0.6) is 17.2 Å². The molecule has 0 unspecified atom stereocenters. The Morgan fingerprint density at radius 1 is 1.23 bits per heavy atom. The van der Waals surface area contributed by atoms with Crippen molar-refractivity contribution in [1.82, 2.24) is 10.3 Å². The molecule has 0 aliphatic heterocycles. The highest BCUT2D eigenvalue weighted by molar-refractivity contribution is 6.31. The molecule has 3 aromatic rings. The maximum absolute atomic E-state index is 12.2. The Hall–Kier alpha value is -3.12. The minimum atomic E-state index is -0.375. The van der Waals surface area contributed by atoms with E-state index in [0.717, 1.165) is 18.4 Å². The van der Waals surface area contributed by atoms with Gasteiger partial charge in [0.15, 0.2) is 0 Å². The van der Waals surface area contributed by atoms with E-state index in [1.807, 2.05) is 0 Å². The number of pyridine rings is 1. The van der Waals surface area contributed by atoms with Gasteiger partial charge in [0.2, 0.25) is 0 Å². The molecule has 2 aromatic carbocycles. The van der Waals surface area contributed by atoms with Crippen LogP contribution in [0.2, 0.25) is 5.02 Å². The van der Waals surface area contributed by atoms with Crippen molar-refractivity contribution < 1.29 is 19.4 Å². The number of aromatic nitrogens is 1. The van der Waals surface area contributed by atoms with Gasteiger partial charge >= 0.3 is 0 Å². The van der Waals surface area contributed by atoms with E-state index in [9.17, 15) is 14.7 Å². The van der Waals surface area contributed by atoms with E-state index in [4.69, 9.17) is 16.3 Å². The Kier molecular flexibility index (Phi) is 6.09. The number of phenolic OH excluding ortho intramolecular Hbond substituents is 1. The standard InChI is InChI=1S/C24H23ClN2O4/c1-2-26-24(30)19-12-18-21(13-22(19)29)27-8-7-23(18)31-17-6-5-15(20(25)11-17)10-16(28)9-14-3-4-14/h5-8,11-14,29H,2-4,9-10H2,1H3,(H,26,30). The van der Waals surface area contributed by atoms with E-state index in [1.165, 1.54) is 6.07 Å². The number of carbonyl (C=O) groups is 2. The molecule has 0 saturated heterocycles. The van der Waals surface area contributed by atoms with Crippen LogP contribution in [-0.2, 0) is 11.2 Å². The highest BCUT2D eigenvalue weighted by atomic mass is 35.5. The summed E-state index contributed by atoms with van der Waals surface area (Å²) >= 11 is 6.40. The van der Waals surface area contributed by atoms with Crippen LogP contribution in [0.15, 0.2) is 42.6 Å². The molecule has 0 radical (unpaired) electrons. The summed E-state index contributed by atoms with van der Waals surface area (Å²) in [6, 6.07) is 9.93. The van der Waals surface area contributed by atoms with Crippen LogP contribution >= 0.6 is 11.6 Å². The third-order valence-corrected chi connectivity index (χ3v) is 5.61. The Morgan fingerprint density at radius 3 is 2.74 bits per heavy atom. The minimum Gasteiger partial charge on any atom is -0.507 e. The van der Waals surface area contributed by atoms with E-state index in [1.54, 1.807) is 43.5 Å². The molecule has 1 amide bonds. The number of Topliss-reactive ketones (excluding diaryl/α,β-unsaturated/α-hetero) is 1. The average Bonchev–Trinajstić information content (AvgIpc) is 3.54. The van der Waals surface area contributed by atoms with Gasteiger partial charge in [-0.2, -0.15) is 0 Å². The molecule has 7 heteroatoms. The predicted molar refractivity (Wildman–Crippen MR) is 119 cm³/mol. The largest absolute Gasteiger partial charge is 0.507 e. The number of ether oxygens (including phenoxy) is 1. The molecule has 1 fully saturated rings. The number of nitrogens with one attached hydrogen (secondary N) is 1. The van der Waals surface area contributed by atoms with Gasteiger partial charge in [0.25, 0.3) is 5.91 Å². The molecular formula is C24H23ClN2O4. The van der Waals surface area contributed by atoms with Crippen LogP contribution in [-0.4, -0.2) is 28.3 Å². The summed E-state index contributed by atoms with van der Waals surface area (Å²) in [7, 11) is 0. The lowest BCUT2D eigenvalue weighted by Crippen LogP contribution is -2.22. The molecule has 4 rings (SSSR count). The van der Waals surface area contributed by atoms with Crippen LogP contribution in [0.25, 0.3) is 10.9 Å². The maximum Gasteiger partial charge on any atom is 0.255 e. The number of hydrogen-bond acceptors (Lipinski definition) is 5. The third kappa shape index (κ3) is 4.97. The fourth-order valence-electron chi connectivity index (χ4n) is 3.47. The van der Waals surface area contributed by atoms with E-state index in [2.05, 4.69) is 10.3 Å². The van der Waals surface area contributed by atoms with E-state index in [-0.39, 0.29) is 23.0 Å². The van der Waals surface area contributed by atoms with Crippen LogP contribution < -0.4 is 10.1 Å². The fourth-order valence-corrected chi connectivity index (χ4v) is 3.71. The van der Waals surface area contributed by atoms with Gasteiger partial charge in [0.05, 0.1) is 11.1 Å². The number of amides is 1. The first-order valence-corrected chi connectivity index (χ1v) is 10.7. The lowest BCUT2D eigenvalue weighted by molar-refractivity contribution is -0.118. The predicted octanol–water partition coefficient (Wildman–Crippen LogP) is 5.05. The zero-order valence-corrected chi connectivity index (χ0v) is 17.9. The summed E-state index contributed by atoms with van der Waals surface area (Å²) in [6.45, 7) is 2.25. The first kappa shape index (κ1) is 21.1. The van der Waals surface area contributed by atoms with Gasteiger partial charge in [-0.05, 0) is 55.5 Å². The van der Waals surface area contributed by atoms with Crippen molar-refractivity contribution in [3.05, 3.63) is 58.7 Å². The van der Waals surface area contributed by atoms with Crippen molar-refractivity contribution >= 4 is 34.2 Å². The van der Waals surface area contributed by atoms with Crippen molar-refractivity contribution in [3.8, 4) is 17.2 Å². The summed E-state index contributed by atoms with van der Waals surface area (Å²) in [5, 5.41) is 13.9. The second kappa shape index (κ2) is 8.94. The molecular weight excluding hydrogens is 416 g/mol. The molecule has 1 aromatic heterocycles. The van der Waals surface area contributed by atoms with Crippen molar-refractivity contribution in [3.63, 3.8) is 0 Å². The number of carbonyl (C=O) groups excluding carboxylic acids is 2. The number of phenols is 1. The van der Waals surface area contributed by atoms with Gasteiger partial charge in [-0.3, -0.25) is 14.6 Å². The van der Waals surface area contributed by atoms with Gasteiger partial charge < -0.3 is 15.2 Å². The number of aromatic hydroxyl groups is 1. The molecule has 0 bridgehead atoms. The number of hydrogen-bond donors (Lipinski definition) is 2. The normalized spacial score (nSPS) is 13.2. The Labute approximate surface area is 185 Å². The second-order valence-corrected chi connectivity index (χ2v) is 8.18. The fraction of sp³-hybridized carbons (Fsp3) is 0.292. The van der Waals surface area contributed by atoms with Crippen molar-refractivity contribution in [1.29, 1.82) is 0 Å². The highest BCUT2D eigenvalue weighted by Crippen LogP contribution is 2.35. The Bertz CT molecular complexity index is 1160. The topological polar surface area (TPSA) is 88.5 Å². The van der Waals surface area contributed by atoms with Crippen molar-refractivity contribution in [2.24, 2.45) is 5.92 Å². The summed E-state index contributed by atoms with van der Waals surface area (Å²) in [5.74, 6) is 1.22. The van der Waals surface area contributed by atoms with Crippen LogP contribution in [0, 0.1) is 5.92 Å². The SMILES string of the molecule is CCNC(=O)c1cc2c(Oc3ccc(CC(=O)CC4CC4)c(Cl)c3)ccnc2cc1O. The van der Waals surface area contributed by atoms with Gasteiger partial charge in [-0.15, -0.1) is 0 Å². The van der Waals surface area contributed by atoms with Crippen LogP contribution in [0.1, 0.15) is 42.1 Å². The minimum absolute atomic E-state index is 0.147. The molecule has 0 spiro atoms. The van der Waals surface area contributed by atoms with E-state index in [0.29, 0.717) is 52.7 Å². The molecule has 160 valence electrons. The van der Waals surface area contributed by atoms with E-state index < -0.39 is 0 Å². The highest BCUT2D eigenvalue weighted by Gasteiger charge is 2.24. The second-order valence-electron chi connectivity index (χ2n) is 7.77. The van der Waals surface area contributed by atoms with Crippen LogP contribution in [0.4, 0.5) is 0 Å². The quantitative estimate of drug-likeness (QED) is 0.514. The summed E-state index contributed by atoms with van der Waals surface area (Å²) in [4.78, 5) is 28.6. The zero-order chi connectivity index (χ0) is 22.0. The Morgan fingerprint density at radius 2 is 2.03 bits per heavy atom. The van der Waals surface area contributed by atoms with Crippen LogP contribution in [0.3, 0.4) is 0 Å². The van der Waals surface area contributed by atoms with Gasteiger partial charge in [0.1, 0.15) is 23.0 Å². The first-order valence-electron chi connectivity index (χ1n) is 10.3. The summed E-state index contributed by atoms with van der Waals surface area (Å²) in [5.41, 5.74) is 1.42. The van der Waals surface area contributed by atoms with Gasteiger partial charge in [-0.25, -0.2) is 0 Å². The molecule has 31 heavy (non-hydrogen) atoms. The lowest BCUT2D eigenvalue weighted by atomic mass is 10.0. The Balaban J connectivity index is 1.58. The van der Waals surface area contributed by atoms with Gasteiger partial charge in [-0.1, -0.05) is 17.7 Å². The number of rotatable bonds is 8. The monoisotopic (exact) mass is 438 g/mol. The number of ketones is 1. The summed E-state index contributed by atoms with van der Waals surface area (Å²) < 4.78 is 6.02. The number of nitrogens with zero attached hydrogens (tertiary/aromatic N) is 1. The molecule has 2 N–H and O–H groups in total. The summed E-state index contributed by atoms with van der Waals surface area (Å²) in [6.07, 6.45) is 4.80. The molecule has 1 saturated carbocycles. The smallest absolute Gasteiger partial charge is 0.255 e. The number of halogens is 1. The van der Waals surface area contributed by atoms with Crippen molar-refractivity contribution in [2.45, 2.75) is 32.6 Å². The number of fused-ring (bicyclic) bond motifs is 1. The number of benzene rings is 2. The lowest BCUT2D eigenvalue weighted by Gasteiger charge is -2.12. The van der Waals surface area contributed by atoms with Gasteiger partial charge in [0, 0.05) is 42.1 Å². The molecule has 6 nitrogen and oxygen atoms in total. The van der Waals surface area contributed by atoms with E-state index >= 15 is 0 Å². The maximum atomic E-state index is 12.2. The average molecular weight is 439 g/mol. The molecule has 1 aliphatic rings. The zero-order valence-electron chi connectivity index (χ0n) is 17.2. The molecule has 0 atom stereocenters. The first-order chi connectivity index (χ1) is 14.9. The molecule has 1 heterocycles. The molecule has 1 aliphatic carbocycles.